The molecule has 3 heterocycles. The topological polar surface area (TPSA) is 44.6 Å². The minimum atomic E-state index is -0.0129. The van der Waals surface area contributed by atoms with Gasteiger partial charge in [-0.25, -0.2) is 0 Å². The Bertz CT molecular complexity index is 514. The number of hydrogen-bond donors (Lipinski definition) is 0. The summed E-state index contributed by atoms with van der Waals surface area (Å²) in [6.45, 7) is 12.9. The van der Waals surface area contributed by atoms with Gasteiger partial charge < -0.3 is 9.80 Å². The first-order valence-electron chi connectivity index (χ1n) is 8.34. The standard InChI is InChI=1S/C16H27N5O/c1-4-18-5-7-19(8-6-18)16(22)14(3)20-11-15(12-20)21-10-13(2)9-17-21/h9-10,14-15H,4-8,11-12H2,1-3H3/t14-/m0/s1. The van der Waals surface area contributed by atoms with E-state index in [2.05, 4.69) is 34.9 Å². The van der Waals surface area contributed by atoms with Crippen molar-refractivity contribution in [2.45, 2.75) is 32.9 Å². The number of carbonyl (C=O) groups is 1. The second kappa shape index (κ2) is 6.38. The molecule has 0 saturated carbocycles. The van der Waals surface area contributed by atoms with Crippen LogP contribution in [0.2, 0.25) is 0 Å². The Labute approximate surface area is 132 Å². The minimum absolute atomic E-state index is 0.0129. The quantitative estimate of drug-likeness (QED) is 0.817. The van der Waals surface area contributed by atoms with Crippen LogP contribution in [0.25, 0.3) is 0 Å². The van der Waals surface area contributed by atoms with Gasteiger partial charge in [-0.1, -0.05) is 6.92 Å². The number of nitrogens with zero attached hydrogens (tertiary/aromatic N) is 5. The van der Waals surface area contributed by atoms with Crippen LogP contribution >= 0.6 is 0 Å². The van der Waals surface area contributed by atoms with Gasteiger partial charge in [0.15, 0.2) is 0 Å². The van der Waals surface area contributed by atoms with Crippen molar-refractivity contribution in [3.8, 4) is 0 Å². The number of rotatable bonds is 4. The summed E-state index contributed by atoms with van der Waals surface area (Å²) in [4.78, 5) is 19.3. The van der Waals surface area contributed by atoms with Crippen LogP contribution in [0.3, 0.4) is 0 Å². The molecule has 0 radical (unpaired) electrons. The number of aryl methyl sites for hydroxylation is 1. The van der Waals surface area contributed by atoms with Gasteiger partial charge in [-0.3, -0.25) is 14.4 Å². The first-order chi connectivity index (χ1) is 10.6. The largest absolute Gasteiger partial charge is 0.339 e. The van der Waals surface area contributed by atoms with E-state index in [1.54, 1.807) is 0 Å². The van der Waals surface area contributed by atoms with Gasteiger partial charge in [0.05, 0.1) is 18.3 Å². The molecule has 1 aromatic heterocycles. The van der Waals surface area contributed by atoms with Crippen molar-refractivity contribution in [1.29, 1.82) is 0 Å². The molecular formula is C16H27N5O. The highest BCUT2D eigenvalue weighted by Crippen LogP contribution is 2.24. The van der Waals surface area contributed by atoms with E-state index in [-0.39, 0.29) is 11.9 Å². The van der Waals surface area contributed by atoms with Gasteiger partial charge in [0, 0.05) is 45.5 Å². The lowest BCUT2D eigenvalue weighted by molar-refractivity contribution is -0.140. The maximum atomic E-state index is 12.6. The third kappa shape index (κ3) is 3.03. The minimum Gasteiger partial charge on any atom is -0.339 e. The summed E-state index contributed by atoms with van der Waals surface area (Å²) in [7, 11) is 0. The normalized spacial score (nSPS) is 22.6. The molecule has 2 aliphatic rings. The molecule has 22 heavy (non-hydrogen) atoms. The number of amides is 1. The molecule has 1 aromatic rings. The monoisotopic (exact) mass is 305 g/mol. The Morgan fingerprint density at radius 3 is 2.55 bits per heavy atom. The molecule has 1 atom stereocenters. The fourth-order valence-corrected chi connectivity index (χ4v) is 3.31. The predicted octanol–water partition coefficient (Wildman–Crippen LogP) is 0.601. The summed E-state index contributed by atoms with van der Waals surface area (Å²) in [5.74, 6) is 0.283. The van der Waals surface area contributed by atoms with Crippen LogP contribution < -0.4 is 0 Å². The molecule has 2 fully saturated rings. The van der Waals surface area contributed by atoms with Gasteiger partial charge >= 0.3 is 0 Å². The fraction of sp³-hybridized carbons (Fsp3) is 0.750. The second-order valence-electron chi connectivity index (χ2n) is 6.54. The second-order valence-corrected chi connectivity index (χ2v) is 6.54. The van der Waals surface area contributed by atoms with E-state index >= 15 is 0 Å². The van der Waals surface area contributed by atoms with Crippen molar-refractivity contribution in [2.24, 2.45) is 0 Å². The molecule has 0 N–H and O–H groups in total. The molecule has 122 valence electrons. The Morgan fingerprint density at radius 2 is 2.00 bits per heavy atom. The van der Waals surface area contributed by atoms with E-state index in [1.165, 1.54) is 5.56 Å². The summed E-state index contributed by atoms with van der Waals surface area (Å²) >= 11 is 0. The maximum Gasteiger partial charge on any atom is 0.239 e. The Kier molecular flexibility index (Phi) is 4.49. The molecule has 0 aliphatic carbocycles. The summed E-state index contributed by atoms with van der Waals surface area (Å²) in [6.07, 6.45) is 3.98. The zero-order valence-corrected chi connectivity index (χ0v) is 13.9. The fourth-order valence-electron chi connectivity index (χ4n) is 3.31. The molecule has 0 unspecified atom stereocenters. The van der Waals surface area contributed by atoms with E-state index in [4.69, 9.17) is 0 Å². The smallest absolute Gasteiger partial charge is 0.239 e. The van der Waals surface area contributed by atoms with Gasteiger partial charge in [-0.05, 0) is 26.0 Å². The summed E-state index contributed by atoms with van der Waals surface area (Å²) < 4.78 is 2.03. The van der Waals surface area contributed by atoms with Gasteiger partial charge in [0.2, 0.25) is 5.91 Å². The average molecular weight is 305 g/mol. The van der Waals surface area contributed by atoms with Crippen molar-refractivity contribution >= 4 is 5.91 Å². The van der Waals surface area contributed by atoms with Crippen molar-refractivity contribution in [3.63, 3.8) is 0 Å². The molecule has 1 amide bonds. The van der Waals surface area contributed by atoms with Gasteiger partial charge in [0.25, 0.3) is 0 Å². The van der Waals surface area contributed by atoms with Crippen LogP contribution in [0.4, 0.5) is 0 Å². The van der Waals surface area contributed by atoms with Crippen molar-refractivity contribution in [2.75, 3.05) is 45.8 Å². The summed E-state index contributed by atoms with van der Waals surface area (Å²) in [5, 5.41) is 4.37. The van der Waals surface area contributed by atoms with Gasteiger partial charge in [-0.2, -0.15) is 5.10 Å². The van der Waals surface area contributed by atoms with Crippen LogP contribution in [0.1, 0.15) is 25.5 Å². The third-order valence-electron chi connectivity index (χ3n) is 5.03. The Morgan fingerprint density at radius 1 is 1.32 bits per heavy atom. The summed E-state index contributed by atoms with van der Waals surface area (Å²) in [6, 6.07) is 0.405. The van der Waals surface area contributed by atoms with E-state index < -0.39 is 0 Å². The van der Waals surface area contributed by atoms with Crippen LogP contribution in [0.5, 0.6) is 0 Å². The lowest BCUT2D eigenvalue weighted by atomic mass is 10.1. The zero-order chi connectivity index (χ0) is 15.7. The Hall–Kier alpha value is -1.40. The van der Waals surface area contributed by atoms with Crippen molar-refractivity contribution in [1.82, 2.24) is 24.5 Å². The van der Waals surface area contributed by atoms with E-state index in [1.807, 2.05) is 22.7 Å². The molecule has 2 aliphatic heterocycles. The third-order valence-corrected chi connectivity index (χ3v) is 5.03. The molecule has 3 rings (SSSR count). The summed E-state index contributed by atoms with van der Waals surface area (Å²) in [5.41, 5.74) is 1.19. The van der Waals surface area contributed by atoms with Crippen LogP contribution in [0.15, 0.2) is 12.4 Å². The van der Waals surface area contributed by atoms with Crippen molar-refractivity contribution in [3.05, 3.63) is 18.0 Å². The number of hydrogen-bond acceptors (Lipinski definition) is 4. The number of carbonyl (C=O) groups excluding carboxylic acids is 1. The number of likely N-dealkylation sites (N-methyl/N-ethyl adjacent to an activating group) is 1. The first-order valence-corrected chi connectivity index (χ1v) is 8.34. The molecular weight excluding hydrogens is 278 g/mol. The average Bonchev–Trinajstić information content (AvgIpc) is 2.91. The van der Waals surface area contributed by atoms with Crippen LogP contribution in [-0.2, 0) is 4.79 Å². The van der Waals surface area contributed by atoms with Crippen LogP contribution in [-0.4, -0.2) is 82.2 Å². The van der Waals surface area contributed by atoms with Crippen LogP contribution in [0, 0.1) is 6.92 Å². The van der Waals surface area contributed by atoms with E-state index in [9.17, 15) is 4.79 Å². The first kappa shape index (κ1) is 15.5. The maximum absolute atomic E-state index is 12.6. The Balaban J connectivity index is 1.48. The number of likely N-dealkylation sites (tertiary alicyclic amines) is 1. The van der Waals surface area contributed by atoms with E-state index in [0.29, 0.717) is 6.04 Å². The van der Waals surface area contributed by atoms with Gasteiger partial charge in [-0.15, -0.1) is 0 Å². The highest BCUT2D eigenvalue weighted by atomic mass is 16.2. The lowest BCUT2D eigenvalue weighted by Crippen LogP contribution is -2.59. The highest BCUT2D eigenvalue weighted by Gasteiger charge is 2.36. The predicted molar refractivity (Wildman–Crippen MR) is 85.7 cm³/mol. The highest BCUT2D eigenvalue weighted by molar-refractivity contribution is 5.81. The number of piperazine rings is 1. The molecule has 6 heteroatoms. The number of aromatic nitrogens is 2. The molecule has 0 aromatic carbocycles. The lowest BCUT2D eigenvalue weighted by Gasteiger charge is -2.44. The van der Waals surface area contributed by atoms with Gasteiger partial charge in [0.1, 0.15) is 0 Å². The molecule has 0 bridgehead atoms. The van der Waals surface area contributed by atoms with E-state index in [0.717, 1.165) is 45.8 Å². The molecule has 6 nitrogen and oxygen atoms in total. The zero-order valence-electron chi connectivity index (χ0n) is 13.9. The SMILES string of the molecule is CCN1CCN(C(=O)[C@H](C)N2CC(n3cc(C)cn3)C2)CC1. The van der Waals surface area contributed by atoms with Crippen molar-refractivity contribution < 1.29 is 4.79 Å². The molecule has 0 spiro atoms. The molecule has 2 saturated heterocycles.